The van der Waals surface area contributed by atoms with Crippen LogP contribution in [0, 0.1) is 11.8 Å². The second kappa shape index (κ2) is 11.4. The van der Waals surface area contributed by atoms with Gasteiger partial charge in [-0.1, -0.05) is 26.7 Å². The lowest BCUT2D eigenvalue weighted by Gasteiger charge is -2.32. The van der Waals surface area contributed by atoms with E-state index in [-0.39, 0.29) is 11.8 Å². The molecule has 1 saturated carbocycles. The van der Waals surface area contributed by atoms with E-state index >= 15 is 0 Å². The maximum absolute atomic E-state index is 11.7. The third-order valence-electron chi connectivity index (χ3n) is 5.65. The maximum atomic E-state index is 11.7. The van der Waals surface area contributed by atoms with E-state index in [1.54, 1.807) is 0 Å². The van der Waals surface area contributed by atoms with Gasteiger partial charge in [0.1, 0.15) is 0 Å². The zero-order valence-corrected chi connectivity index (χ0v) is 17.0. The Bertz CT molecular complexity index is 437. The van der Waals surface area contributed by atoms with Crippen molar-refractivity contribution in [1.82, 2.24) is 20.9 Å². The van der Waals surface area contributed by atoms with E-state index in [9.17, 15) is 4.79 Å². The molecule has 2 aliphatic rings. The number of rotatable bonds is 11. The van der Waals surface area contributed by atoms with Gasteiger partial charge in [0.05, 0.1) is 6.54 Å². The molecule has 0 aromatic rings. The zero-order valence-electron chi connectivity index (χ0n) is 17.0. The van der Waals surface area contributed by atoms with E-state index in [0.717, 1.165) is 31.9 Å². The van der Waals surface area contributed by atoms with Crippen molar-refractivity contribution in [3.63, 3.8) is 0 Å². The van der Waals surface area contributed by atoms with Crippen LogP contribution in [0.3, 0.4) is 0 Å². The Kier molecular flexibility index (Phi) is 9.23. The summed E-state index contributed by atoms with van der Waals surface area (Å²) >= 11 is 0. The van der Waals surface area contributed by atoms with E-state index in [1.807, 2.05) is 0 Å². The zero-order chi connectivity index (χ0) is 18.8. The Morgan fingerprint density at radius 3 is 2.27 bits per heavy atom. The van der Waals surface area contributed by atoms with Crippen LogP contribution in [0.25, 0.3) is 0 Å². The largest absolute Gasteiger partial charge is 0.357 e. The van der Waals surface area contributed by atoms with E-state index in [1.165, 1.54) is 38.8 Å². The summed E-state index contributed by atoms with van der Waals surface area (Å²) in [5.41, 5.74) is 0. The normalized spacial score (nSPS) is 19.6. The highest BCUT2D eigenvalue weighted by Crippen LogP contribution is 2.28. The lowest BCUT2D eigenvalue weighted by molar-refractivity contribution is -0.122. The fourth-order valence-electron chi connectivity index (χ4n) is 3.85. The number of hydrogen-bond donors (Lipinski definition) is 3. The van der Waals surface area contributed by atoms with Gasteiger partial charge in [0.2, 0.25) is 5.91 Å². The maximum Gasteiger partial charge on any atom is 0.223 e. The molecule has 1 amide bonds. The highest BCUT2D eigenvalue weighted by molar-refractivity contribution is 5.81. The predicted octanol–water partition coefficient (Wildman–Crippen LogP) is 1.97. The van der Waals surface area contributed by atoms with E-state index in [4.69, 9.17) is 4.99 Å². The van der Waals surface area contributed by atoms with Crippen LogP contribution in [0.1, 0.15) is 59.3 Å². The van der Waals surface area contributed by atoms with Gasteiger partial charge >= 0.3 is 0 Å². The second-order valence-corrected chi connectivity index (χ2v) is 7.60. The molecular weight excluding hydrogens is 326 g/mol. The molecule has 6 nitrogen and oxygen atoms in total. The van der Waals surface area contributed by atoms with Crippen molar-refractivity contribution < 1.29 is 4.79 Å². The summed E-state index contributed by atoms with van der Waals surface area (Å²) < 4.78 is 0. The van der Waals surface area contributed by atoms with Crippen LogP contribution >= 0.6 is 0 Å². The molecule has 0 aromatic carbocycles. The van der Waals surface area contributed by atoms with Gasteiger partial charge in [-0.05, 0) is 51.6 Å². The molecule has 1 aliphatic heterocycles. The minimum Gasteiger partial charge on any atom is -0.357 e. The smallest absolute Gasteiger partial charge is 0.223 e. The van der Waals surface area contributed by atoms with Crippen LogP contribution in [0.15, 0.2) is 4.99 Å². The SMILES string of the molecule is CCNC(=NCC(C(CC)CC)N1CCCC1)NCCNC(=O)C1CC1. The molecule has 1 heterocycles. The highest BCUT2D eigenvalue weighted by Gasteiger charge is 2.29. The summed E-state index contributed by atoms with van der Waals surface area (Å²) in [6, 6.07) is 0.539. The standard InChI is InChI=1S/C20H39N5O/c1-4-16(5-2)18(25-13-7-8-14-25)15-24-20(21-6-3)23-12-11-22-19(26)17-9-10-17/h16-18H,4-15H2,1-3H3,(H,22,26)(H2,21,23,24). The van der Waals surface area contributed by atoms with Crippen LogP contribution in [0.2, 0.25) is 0 Å². The molecule has 2 rings (SSSR count). The Labute approximate surface area is 159 Å². The third kappa shape index (κ3) is 6.78. The van der Waals surface area contributed by atoms with Gasteiger partial charge in [-0.2, -0.15) is 0 Å². The Morgan fingerprint density at radius 2 is 1.69 bits per heavy atom. The van der Waals surface area contributed by atoms with Gasteiger partial charge < -0.3 is 16.0 Å². The Hall–Kier alpha value is -1.30. The van der Waals surface area contributed by atoms with Gasteiger partial charge in [0, 0.05) is 31.6 Å². The molecule has 2 fully saturated rings. The molecule has 1 aliphatic carbocycles. The summed E-state index contributed by atoms with van der Waals surface area (Å²) in [6.45, 7) is 12.2. The van der Waals surface area contributed by atoms with Crippen molar-refractivity contribution in [1.29, 1.82) is 0 Å². The number of amides is 1. The average molecular weight is 366 g/mol. The molecule has 0 radical (unpaired) electrons. The monoisotopic (exact) mass is 365 g/mol. The fourth-order valence-corrected chi connectivity index (χ4v) is 3.85. The van der Waals surface area contributed by atoms with Gasteiger partial charge in [-0.25, -0.2) is 0 Å². The molecule has 1 atom stereocenters. The van der Waals surface area contributed by atoms with Gasteiger partial charge in [-0.15, -0.1) is 0 Å². The molecule has 0 bridgehead atoms. The minimum atomic E-state index is 0.205. The number of carbonyl (C=O) groups is 1. The molecule has 150 valence electrons. The van der Waals surface area contributed by atoms with Crippen molar-refractivity contribution in [3.05, 3.63) is 0 Å². The third-order valence-corrected chi connectivity index (χ3v) is 5.65. The average Bonchev–Trinajstić information content (AvgIpc) is 3.37. The lowest BCUT2D eigenvalue weighted by Crippen LogP contribution is -2.44. The summed E-state index contributed by atoms with van der Waals surface area (Å²) in [7, 11) is 0. The minimum absolute atomic E-state index is 0.205. The van der Waals surface area contributed by atoms with Crippen LogP contribution < -0.4 is 16.0 Å². The topological polar surface area (TPSA) is 68.8 Å². The molecular formula is C20H39N5O. The molecule has 0 spiro atoms. The number of likely N-dealkylation sites (tertiary alicyclic amines) is 1. The number of carbonyl (C=O) groups excluding carboxylic acids is 1. The number of guanidine groups is 1. The van der Waals surface area contributed by atoms with Crippen LogP contribution in [-0.4, -0.2) is 62.1 Å². The molecule has 26 heavy (non-hydrogen) atoms. The first kappa shape index (κ1) is 21.0. The van der Waals surface area contributed by atoms with Crippen molar-refractivity contribution in [2.45, 2.75) is 65.3 Å². The van der Waals surface area contributed by atoms with Crippen molar-refractivity contribution in [3.8, 4) is 0 Å². The number of aliphatic imine (C=N–C) groups is 1. The van der Waals surface area contributed by atoms with Crippen molar-refractivity contribution >= 4 is 11.9 Å². The van der Waals surface area contributed by atoms with Crippen LogP contribution in [0.5, 0.6) is 0 Å². The molecule has 3 N–H and O–H groups in total. The first-order valence-electron chi connectivity index (χ1n) is 10.7. The molecule has 1 saturated heterocycles. The lowest BCUT2D eigenvalue weighted by atomic mass is 9.93. The van der Waals surface area contributed by atoms with E-state index < -0.39 is 0 Å². The number of nitrogens with one attached hydrogen (secondary N) is 3. The van der Waals surface area contributed by atoms with Crippen LogP contribution in [0.4, 0.5) is 0 Å². The first-order chi connectivity index (χ1) is 12.7. The predicted molar refractivity (Wildman–Crippen MR) is 108 cm³/mol. The van der Waals surface area contributed by atoms with Crippen molar-refractivity contribution in [2.24, 2.45) is 16.8 Å². The fraction of sp³-hybridized carbons (Fsp3) is 0.900. The second-order valence-electron chi connectivity index (χ2n) is 7.60. The van der Waals surface area contributed by atoms with Gasteiger partial charge in [0.15, 0.2) is 5.96 Å². The number of hydrogen-bond acceptors (Lipinski definition) is 3. The summed E-state index contributed by atoms with van der Waals surface area (Å²) in [6.07, 6.45) is 7.17. The van der Waals surface area contributed by atoms with Gasteiger partial charge in [0.25, 0.3) is 0 Å². The molecule has 6 heteroatoms. The van der Waals surface area contributed by atoms with Crippen molar-refractivity contribution in [2.75, 3.05) is 39.3 Å². The molecule has 0 aromatic heterocycles. The quantitative estimate of drug-likeness (QED) is 0.297. The van der Waals surface area contributed by atoms with Gasteiger partial charge in [-0.3, -0.25) is 14.7 Å². The summed E-state index contributed by atoms with van der Waals surface area (Å²) in [5, 5.41) is 9.69. The van der Waals surface area contributed by atoms with E-state index in [0.29, 0.717) is 25.0 Å². The Morgan fingerprint density at radius 1 is 1.04 bits per heavy atom. The molecule has 1 unspecified atom stereocenters. The number of nitrogens with zero attached hydrogens (tertiary/aromatic N) is 2. The Balaban J connectivity index is 1.83. The summed E-state index contributed by atoms with van der Waals surface area (Å²) in [4.78, 5) is 19.2. The van der Waals surface area contributed by atoms with Crippen LogP contribution in [-0.2, 0) is 4.79 Å². The summed E-state index contributed by atoms with van der Waals surface area (Å²) in [5.74, 6) is 2.05. The highest BCUT2D eigenvalue weighted by atomic mass is 16.2. The van der Waals surface area contributed by atoms with E-state index in [2.05, 4.69) is 41.6 Å². The first-order valence-corrected chi connectivity index (χ1v) is 10.7.